The molecular formula is C15H24N4O3. The van der Waals surface area contributed by atoms with E-state index in [9.17, 15) is 9.59 Å². The van der Waals surface area contributed by atoms with Crippen molar-refractivity contribution in [1.29, 1.82) is 0 Å². The molecular weight excluding hydrogens is 284 g/mol. The molecule has 0 fully saturated rings. The lowest BCUT2D eigenvalue weighted by Crippen LogP contribution is -2.50. The predicted molar refractivity (Wildman–Crippen MR) is 83.2 cm³/mol. The van der Waals surface area contributed by atoms with E-state index in [0.717, 1.165) is 5.56 Å². The van der Waals surface area contributed by atoms with Crippen molar-refractivity contribution in [2.24, 2.45) is 0 Å². The number of hydrogen-bond acceptors (Lipinski definition) is 4. The van der Waals surface area contributed by atoms with Gasteiger partial charge in [-0.2, -0.15) is 0 Å². The van der Waals surface area contributed by atoms with Crippen LogP contribution in [0.4, 0.5) is 4.79 Å². The van der Waals surface area contributed by atoms with Gasteiger partial charge in [0.15, 0.2) is 0 Å². The molecule has 0 saturated heterocycles. The Hall–Kier alpha value is -2.15. The number of likely N-dealkylation sites (N-methyl/N-ethyl adjacent to an activating group) is 1. The van der Waals surface area contributed by atoms with Crippen LogP contribution >= 0.6 is 0 Å². The molecule has 0 aliphatic heterocycles. The lowest BCUT2D eigenvalue weighted by Gasteiger charge is -2.25. The fourth-order valence-corrected chi connectivity index (χ4v) is 1.89. The zero-order valence-electron chi connectivity index (χ0n) is 13.6. The van der Waals surface area contributed by atoms with E-state index in [1.54, 1.807) is 45.4 Å². The second kappa shape index (κ2) is 8.99. The minimum atomic E-state index is -0.582. The topological polar surface area (TPSA) is 74.8 Å². The summed E-state index contributed by atoms with van der Waals surface area (Å²) in [6.07, 6.45) is 3.39. The van der Waals surface area contributed by atoms with Crippen LogP contribution in [0.3, 0.4) is 0 Å². The molecule has 122 valence electrons. The van der Waals surface area contributed by atoms with Crippen LogP contribution in [-0.2, 0) is 16.1 Å². The Kier molecular flexibility index (Phi) is 7.31. The number of carbonyl (C=O) groups excluding carboxylic acids is 2. The molecule has 0 aliphatic rings. The van der Waals surface area contributed by atoms with Crippen LogP contribution in [0.15, 0.2) is 24.5 Å². The van der Waals surface area contributed by atoms with E-state index in [0.29, 0.717) is 19.7 Å². The number of aromatic nitrogens is 1. The molecule has 0 aliphatic carbocycles. The first-order valence-electron chi connectivity index (χ1n) is 7.10. The molecule has 1 aromatic heterocycles. The number of urea groups is 1. The molecule has 0 unspecified atom stereocenters. The fraction of sp³-hybridized carbons (Fsp3) is 0.533. The normalized spacial score (nSPS) is 11.6. The summed E-state index contributed by atoms with van der Waals surface area (Å²) in [6, 6.07) is 2.83. The number of carbonyl (C=O) groups is 2. The van der Waals surface area contributed by atoms with E-state index in [1.807, 2.05) is 12.1 Å². The largest absolute Gasteiger partial charge is 0.383 e. The summed E-state index contributed by atoms with van der Waals surface area (Å²) in [7, 11) is 4.89. The third kappa shape index (κ3) is 5.69. The van der Waals surface area contributed by atoms with Crippen molar-refractivity contribution in [1.82, 2.24) is 20.1 Å². The summed E-state index contributed by atoms with van der Waals surface area (Å²) in [4.78, 5) is 31.3. The van der Waals surface area contributed by atoms with Crippen molar-refractivity contribution in [2.75, 3.05) is 34.4 Å². The minimum absolute atomic E-state index is 0.151. The molecule has 0 bridgehead atoms. The van der Waals surface area contributed by atoms with E-state index in [2.05, 4.69) is 10.3 Å². The third-order valence-corrected chi connectivity index (χ3v) is 3.10. The predicted octanol–water partition coefficient (Wildman–Crippen LogP) is 0.716. The van der Waals surface area contributed by atoms with E-state index in [-0.39, 0.29) is 11.9 Å². The quantitative estimate of drug-likeness (QED) is 0.805. The van der Waals surface area contributed by atoms with E-state index >= 15 is 0 Å². The molecule has 7 heteroatoms. The molecule has 0 aromatic carbocycles. The van der Waals surface area contributed by atoms with Crippen molar-refractivity contribution in [3.63, 3.8) is 0 Å². The Morgan fingerprint density at radius 3 is 2.68 bits per heavy atom. The summed E-state index contributed by atoms with van der Waals surface area (Å²) < 4.78 is 5.04. The average molecular weight is 308 g/mol. The minimum Gasteiger partial charge on any atom is -0.383 e. The Morgan fingerprint density at radius 1 is 1.41 bits per heavy atom. The molecule has 1 heterocycles. The first-order valence-corrected chi connectivity index (χ1v) is 7.10. The van der Waals surface area contributed by atoms with Gasteiger partial charge in [-0.05, 0) is 18.6 Å². The van der Waals surface area contributed by atoms with Gasteiger partial charge in [0.05, 0.1) is 6.61 Å². The van der Waals surface area contributed by atoms with Crippen LogP contribution in [0, 0.1) is 0 Å². The van der Waals surface area contributed by atoms with Gasteiger partial charge in [-0.1, -0.05) is 6.07 Å². The van der Waals surface area contributed by atoms with Crippen molar-refractivity contribution in [3.8, 4) is 0 Å². The number of hydrogen-bond donors (Lipinski definition) is 1. The lowest BCUT2D eigenvalue weighted by atomic mass is 10.2. The average Bonchev–Trinajstić information content (AvgIpc) is 2.51. The standard InChI is InChI=1S/C15H24N4O3/c1-12(14(20)18(2)3)17-15(21)19(8-9-22-4)11-13-6-5-7-16-10-13/h5-7,10,12H,8-9,11H2,1-4H3,(H,17,21)/t12-/m0/s1. The number of ether oxygens (including phenoxy) is 1. The van der Waals surface area contributed by atoms with Gasteiger partial charge < -0.3 is 19.9 Å². The Morgan fingerprint density at radius 2 is 2.14 bits per heavy atom. The maximum atomic E-state index is 12.4. The Balaban J connectivity index is 2.69. The number of amides is 3. The van der Waals surface area contributed by atoms with Crippen molar-refractivity contribution in [3.05, 3.63) is 30.1 Å². The van der Waals surface area contributed by atoms with Gasteiger partial charge in [-0.3, -0.25) is 9.78 Å². The SMILES string of the molecule is COCCN(Cc1cccnc1)C(=O)N[C@@H](C)C(=O)N(C)C. The smallest absolute Gasteiger partial charge is 0.318 e. The first kappa shape index (κ1) is 17.9. The molecule has 0 radical (unpaired) electrons. The van der Waals surface area contributed by atoms with E-state index < -0.39 is 6.04 Å². The van der Waals surface area contributed by atoms with Crippen LogP contribution in [0.5, 0.6) is 0 Å². The number of nitrogens with zero attached hydrogens (tertiary/aromatic N) is 3. The summed E-state index contributed by atoms with van der Waals surface area (Å²) in [5, 5.41) is 2.71. The third-order valence-electron chi connectivity index (χ3n) is 3.10. The van der Waals surface area contributed by atoms with Crippen LogP contribution in [0.1, 0.15) is 12.5 Å². The van der Waals surface area contributed by atoms with Crippen molar-refractivity contribution >= 4 is 11.9 Å². The molecule has 3 amide bonds. The number of pyridine rings is 1. The van der Waals surface area contributed by atoms with Crippen LogP contribution in [0.25, 0.3) is 0 Å². The van der Waals surface area contributed by atoms with Gasteiger partial charge in [-0.15, -0.1) is 0 Å². The van der Waals surface area contributed by atoms with Gasteiger partial charge in [0.1, 0.15) is 6.04 Å². The van der Waals surface area contributed by atoms with Gasteiger partial charge >= 0.3 is 6.03 Å². The Bertz CT molecular complexity index is 479. The highest BCUT2D eigenvalue weighted by Crippen LogP contribution is 2.04. The summed E-state index contributed by atoms with van der Waals surface area (Å²) in [5.41, 5.74) is 0.917. The highest BCUT2D eigenvalue weighted by Gasteiger charge is 2.21. The van der Waals surface area contributed by atoms with Gasteiger partial charge in [-0.25, -0.2) is 4.79 Å². The molecule has 1 rings (SSSR count). The maximum absolute atomic E-state index is 12.4. The second-order valence-corrected chi connectivity index (χ2v) is 5.18. The molecule has 1 aromatic rings. The van der Waals surface area contributed by atoms with Crippen LogP contribution in [-0.4, -0.2) is 67.1 Å². The van der Waals surface area contributed by atoms with Gasteiger partial charge in [0, 0.05) is 46.7 Å². The highest BCUT2D eigenvalue weighted by molar-refractivity contribution is 5.86. The van der Waals surface area contributed by atoms with Gasteiger partial charge in [0.25, 0.3) is 0 Å². The highest BCUT2D eigenvalue weighted by atomic mass is 16.5. The summed E-state index contributed by atoms with van der Waals surface area (Å²) >= 11 is 0. The summed E-state index contributed by atoms with van der Waals surface area (Å²) in [6.45, 7) is 2.93. The zero-order chi connectivity index (χ0) is 16.5. The molecule has 0 saturated carbocycles. The number of nitrogens with one attached hydrogen (secondary N) is 1. The van der Waals surface area contributed by atoms with Crippen molar-refractivity contribution < 1.29 is 14.3 Å². The van der Waals surface area contributed by atoms with Crippen molar-refractivity contribution in [2.45, 2.75) is 19.5 Å². The zero-order valence-corrected chi connectivity index (χ0v) is 13.6. The Labute approximate surface area is 131 Å². The first-order chi connectivity index (χ1) is 10.5. The number of rotatable bonds is 7. The lowest BCUT2D eigenvalue weighted by molar-refractivity contribution is -0.130. The molecule has 1 N–H and O–H groups in total. The van der Waals surface area contributed by atoms with Crippen LogP contribution in [0.2, 0.25) is 0 Å². The van der Waals surface area contributed by atoms with Gasteiger partial charge in [0.2, 0.25) is 5.91 Å². The monoisotopic (exact) mass is 308 g/mol. The second-order valence-electron chi connectivity index (χ2n) is 5.18. The molecule has 0 spiro atoms. The van der Waals surface area contributed by atoms with E-state index in [1.165, 1.54) is 4.90 Å². The van der Waals surface area contributed by atoms with E-state index in [4.69, 9.17) is 4.74 Å². The van der Waals surface area contributed by atoms with Crippen LogP contribution < -0.4 is 5.32 Å². The summed E-state index contributed by atoms with van der Waals surface area (Å²) in [5.74, 6) is -0.151. The number of methoxy groups -OCH3 is 1. The molecule has 7 nitrogen and oxygen atoms in total. The molecule has 1 atom stereocenters. The fourth-order valence-electron chi connectivity index (χ4n) is 1.89. The molecule has 22 heavy (non-hydrogen) atoms. The maximum Gasteiger partial charge on any atom is 0.318 e.